The quantitative estimate of drug-likeness (QED) is 0.942. The Balaban J connectivity index is 2.27. The number of amides is 1. The third-order valence-corrected chi connectivity index (χ3v) is 3.55. The second-order valence-electron chi connectivity index (χ2n) is 4.45. The first kappa shape index (κ1) is 13.8. The van der Waals surface area contributed by atoms with Gasteiger partial charge in [-0.2, -0.15) is 5.10 Å². The van der Waals surface area contributed by atoms with E-state index in [0.717, 1.165) is 27.8 Å². The van der Waals surface area contributed by atoms with Crippen molar-refractivity contribution in [2.75, 3.05) is 5.32 Å². The standard InChI is InChI=1S/C14H16BrN3O/c1-4-12-10(8-18(3)17-12)14(19)16-13-7-9(2)5-6-11(13)15/h5-8H,4H2,1-3H3,(H,16,19). The number of rotatable bonds is 3. The van der Waals surface area contributed by atoms with Gasteiger partial charge in [0.1, 0.15) is 0 Å². The lowest BCUT2D eigenvalue weighted by molar-refractivity contribution is 0.102. The summed E-state index contributed by atoms with van der Waals surface area (Å²) in [5, 5.41) is 7.19. The summed E-state index contributed by atoms with van der Waals surface area (Å²) in [6.45, 7) is 3.98. The third kappa shape index (κ3) is 3.04. The number of nitrogens with zero attached hydrogens (tertiary/aromatic N) is 2. The van der Waals surface area contributed by atoms with Crippen LogP contribution in [0.2, 0.25) is 0 Å². The van der Waals surface area contributed by atoms with Gasteiger partial charge in [-0.25, -0.2) is 0 Å². The van der Waals surface area contributed by atoms with Gasteiger partial charge < -0.3 is 5.32 Å². The molecule has 0 saturated heterocycles. The molecule has 0 aliphatic carbocycles. The van der Waals surface area contributed by atoms with E-state index in [1.807, 2.05) is 39.1 Å². The van der Waals surface area contributed by atoms with E-state index in [1.165, 1.54) is 0 Å². The monoisotopic (exact) mass is 321 g/mol. The zero-order chi connectivity index (χ0) is 14.0. The van der Waals surface area contributed by atoms with Crippen molar-refractivity contribution in [3.05, 3.63) is 45.7 Å². The molecule has 100 valence electrons. The van der Waals surface area contributed by atoms with Gasteiger partial charge in [0.25, 0.3) is 5.91 Å². The number of nitrogens with one attached hydrogen (secondary N) is 1. The normalized spacial score (nSPS) is 10.5. The van der Waals surface area contributed by atoms with Crippen molar-refractivity contribution in [2.45, 2.75) is 20.3 Å². The fraction of sp³-hybridized carbons (Fsp3) is 0.286. The zero-order valence-corrected chi connectivity index (χ0v) is 12.8. The van der Waals surface area contributed by atoms with Crippen molar-refractivity contribution in [3.63, 3.8) is 0 Å². The summed E-state index contributed by atoms with van der Waals surface area (Å²) in [5.41, 5.74) is 3.30. The van der Waals surface area contributed by atoms with E-state index in [1.54, 1.807) is 10.9 Å². The van der Waals surface area contributed by atoms with Crippen molar-refractivity contribution < 1.29 is 4.79 Å². The topological polar surface area (TPSA) is 46.9 Å². The van der Waals surface area contributed by atoms with Gasteiger partial charge >= 0.3 is 0 Å². The Morgan fingerprint density at radius 3 is 2.89 bits per heavy atom. The molecule has 0 radical (unpaired) electrons. The molecule has 1 aromatic carbocycles. The molecule has 2 rings (SSSR count). The number of carbonyl (C=O) groups is 1. The lowest BCUT2D eigenvalue weighted by Gasteiger charge is -2.08. The van der Waals surface area contributed by atoms with Crippen LogP contribution in [0.15, 0.2) is 28.9 Å². The lowest BCUT2D eigenvalue weighted by atomic mass is 10.2. The molecule has 4 nitrogen and oxygen atoms in total. The van der Waals surface area contributed by atoms with Crippen molar-refractivity contribution in [1.82, 2.24) is 9.78 Å². The number of anilines is 1. The number of hydrogen-bond acceptors (Lipinski definition) is 2. The van der Waals surface area contributed by atoms with Gasteiger partial charge in [0.2, 0.25) is 0 Å². The summed E-state index contributed by atoms with van der Waals surface area (Å²) in [6, 6.07) is 5.85. The number of aromatic nitrogens is 2. The van der Waals surface area contributed by atoms with E-state index < -0.39 is 0 Å². The first-order chi connectivity index (χ1) is 9.01. The molecule has 1 aromatic heterocycles. The molecule has 19 heavy (non-hydrogen) atoms. The maximum Gasteiger partial charge on any atom is 0.259 e. The Labute approximate surface area is 120 Å². The first-order valence-corrected chi connectivity index (χ1v) is 6.90. The van der Waals surface area contributed by atoms with Crippen molar-refractivity contribution in [1.29, 1.82) is 0 Å². The van der Waals surface area contributed by atoms with Crippen LogP contribution in [0.25, 0.3) is 0 Å². The second-order valence-corrected chi connectivity index (χ2v) is 5.31. The maximum atomic E-state index is 12.3. The summed E-state index contributed by atoms with van der Waals surface area (Å²) in [4.78, 5) is 12.3. The van der Waals surface area contributed by atoms with Crippen LogP contribution < -0.4 is 5.32 Å². The van der Waals surface area contributed by atoms with Gasteiger partial charge in [-0.1, -0.05) is 13.0 Å². The molecule has 1 heterocycles. The molecule has 5 heteroatoms. The predicted octanol–water partition coefficient (Wildman–Crippen LogP) is 3.31. The highest BCUT2D eigenvalue weighted by Crippen LogP contribution is 2.24. The van der Waals surface area contributed by atoms with Crippen LogP contribution in [-0.2, 0) is 13.5 Å². The summed E-state index contributed by atoms with van der Waals surface area (Å²) in [7, 11) is 1.82. The Bertz CT molecular complexity index is 619. The smallest absolute Gasteiger partial charge is 0.259 e. The molecule has 0 aliphatic heterocycles. The largest absolute Gasteiger partial charge is 0.321 e. The molecule has 1 N–H and O–H groups in total. The van der Waals surface area contributed by atoms with E-state index in [0.29, 0.717) is 5.56 Å². The Kier molecular flexibility index (Phi) is 4.04. The maximum absolute atomic E-state index is 12.3. The Morgan fingerprint density at radius 1 is 1.47 bits per heavy atom. The highest BCUT2D eigenvalue weighted by atomic mass is 79.9. The molecule has 0 bridgehead atoms. The van der Waals surface area contributed by atoms with E-state index in [2.05, 4.69) is 26.3 Å². The van der Waals surface area contributed by atoms with Crippen LogP contribution in [0.5, 0.6) is 0 Å². The van der Waals surface area contributed by atoms with E-state index in [-0.39, 0.29) is 5.91 Å². The van der Waals surface area contributed by atoms with E-state index in [9.17, 15) is 4.79 Å². The van der Waals surface area contributed by atoms with E-state index in [4.69, 9.17) is 0 Å². The van der Waals surface area contributed by atoms with E-state index >= 15 is 0 Å². The zero-order valence-electron chi connectivity index (χ0n) is 11.2. The molecule has 0 spiro atoms. The summed E-state index contributed by atoms with van der Waals surface area (Å²) in [6.07, 6.45) is 2.48. The summed E-state index contributed by atoms with van der Waals surface area (Å²) >= 11 is 3.44. The molecular formula is C14H16BrN3O. The molecule has 0 unspecified atom stereocenters. The van der Waals surface area contributed by atoms with Gasteiger partial charge in [0.15, 0.2) is 0 Å². The second kappa shape index (κ2) is 5.57. The predicted molar refractivity (Wildman–Crippen MR) is 79.4 cm³/mol. The van der Waals surface area contributed by atoms with Crippen LogP contribution in [-0.4, -0.2) is 15.7 Å². The first-order valence-electron chi connectivity index (χ1n) is 6.11. The van der Waals surface area contributed by atoms with Gasteiger partial charge in [-0.15, -0.1) is 0 Å². The van der Waals surface area contributed by atoms with Crippen LogP contribution in [0.1, 0.15) is 28.5 Å². The fourth-order valence-electron chi connectivity index (χ4n) is 1.91. The van der Waals surface area contributed by atoms with Crippen LogP contribution in [0.3, 0.4) is 0 Å². The van der Waals surface area contributed by atoms with Gasteiger partial charge in [0, 0.05) is 17.7 Å². The van der Waals surface area contributed by atoms with Crippen molar-refractivity contribution in [2.24, 2.45) is 7.05 Å². The summed E-state index contributed by atoms with van der Waals surface area (Å²) < 4.78 is 2.53. The molecule has 0 saturated carbocycles. The molecule has 2 aromatic rings. The van der Waals surface area contributed by atoms with Crippen molar-refractivity contribution in [3.8, 4) is 0 Å². The van der Waals surface area contributed by atoms with Crippen LogP contribution in [0.4, 0.5) is 5.69 Å². The minimum Gasteiger partial charge on any atom is -0.321 e. The number of carbonyl (C=O) groups excluding carboxylic acids is 1. The Hall–Kier alpha value is -1.62. The molecule has 1 amide bonds. The number of aryl methyl sites for hydroxylation is 3. The van der Waals surface area contributed by atoms with Crippen LogP contribution in [0, 0.1) is 6.92 Å². The van der Waals surface area contributed by atoms with Gasteiger partial charge in [0.05, 0.1) is 16.9 Å². The average Bonchev–Trinajstić information content (AvgIpc) is 2.75. The van der Waals surface area contributed by atoms with Gasteiger partial charge in [-0.3, -0.25) is 9.48 Å². The molecule has 0 aliphatic rings. The lowest BCUT2D eigenvalue weighted by Crippen LogP contribution is -2.13. The fourth-order valence-corrected chi connectivity index (χ4v) is 2.26. The number of hydrogen-bond donors (Lipinski definition) is 1. The van der Waals surface area contributed by atoms with Crippen LogP contribution >= 0.6 is 15.9 Å². The summed E-state index contributed by atoms with van der Waals surface area (Å²) in [5.74, 6) is -0.128. The number of benzene rings is 1. The Morgan fingerprint density at radius 2 is 2.21 bits per heavy atom. The molecular weight excluding hydrogens is 306 g/mol. The highest BCUT2D eigenvalue weighted by molar-refractivity contribution is 9.10. The minimum absolute atomic E-state index is 0.128. The highest BCUT2D eigenvalue weighted by Gasteiger charge is 2.15. The van der Waals surface area contributed by atoms with Crippen molar-refractivity contribution >= 4 is 27.5 Å². The average molecular weight is 322 g/mol. The SMILES string of the molecule is CCc1nn(C)cc1C(=O)Nc1cc(C)ccc1Br. The van der Waals surface area contributed by atoms with Gasteiger partial charge in [-0.05, 0) is 47.0 Å². The minimum atomic E-state index is -0.128. The third-order valence-electron chi connectivity index (χ3n) is 2.85. The molecule has 0 fully saturated rings. The molecule has 0 atom stereocenters. The number of halogens is 1.